The molecule has 22 heavy (non-hydrogen) atoms. The lowest BCUT2D eigenvalue weighted by Crippen LogP contribution is -2.50. The highest BCUT2D eigenvalue weighted by Crippen LogP contribution is 2.21. The van der Waals surface area contributed by atoms with E-state index in [2.05, 4.69) is 5.32 Å². The average Bonchev–Trinajstić information content (AvgIpc) is 2.52. The standard InChI is InChI=1S/C17H25NO4/c1-4-13-9-7-8-10-14(13)22-12-15(19)18-17(5-2,6-3)11-16(20)21/h7-10H,4-6,11-12H2,1-3H3,(H,18,19)(H,20,21). The van der Waals surface area contributed by atoms with Gasteiger partial charge < -0.3 is 15.2 Å². The number of hydrogen-bond acceptors (Lipinski definition) is 3. The molecule has 0 aliphatic carbocycles. The van der Waals surface area contributed by atoms with Crippen molar-refractivity contribution >= 4 is 11.9 Å². The highest BCUT2D eigenvalue weighted by molar-refractivity contribution is 5.79. The lowest BCUT2D eigenvalue weighted by atomic mass is 9.89. The summed E-state index contributed by atoms with van der Waals surface area (Å²) in [7, 11) is 0. The predicted molar refractivity (Wildman–Crippen MR) is 85.0 cm³/mol. The molecule has 1 aromatic rings. The third kappa shape index (κ3) is 5.06. The number of carboxylic acid groups (broad SMARTS) is 1. The van der Waals surface area contributed by atoms with Gasteiger partial charge >= 0.3 is 5.97 Å². The molecule has 2 N–H and O–H groups in total. The van der Waals surface area contributed by atoms with Crippen LogP contribution in [0.25, 0.3) is 0 Å². The monoisotopic (exact) mass is 307 g/mol. The van der Waals surface area contributed by atoms with E-state index >= 15 is 0 Å². The van der Waals surface area contributed by atoms with Crippen molar-refractivity contribution in [1.82, 2.24) is 5.32 Å². The molecule has 0 saturated carbocycles. The van der Waals surface area contributed by atoms with E-state index in [1.54, 1.807) is 0 Å². The summed E-state index contributed by atoms with van der Waals surface area (Å²) in [6.45, 7) is 5.66. The molecule has 0 bridgehead atoms. The molecule has 5 nitrogen and oxygen atoms in total. The Hall–Kier alpha value is -2.04. The number of rotatable bonds is 9. The van der Waals surface area contributed by atoms with Gasteiger partial charge in [-0.25, -0.2) is 0 Å². The Morgan fingerprint density at radius 2 is 1.82 bits per heavy atom. The highest BCUT2D eigenvalue weighted by Gasteiger charge is 2.31. The fourth-order valence-corrected chi connectivity index (χ4v) is 2.42. The Balaban J connectivity index is 2.66. The van der Waals surface area contributed by atoms with E-state index in [1.165, 1.54) is 0 Å². The van der Waals surface area contributed by atoms with Gasteiger partial charge in [0.15, 0.2) is 6.61 Å². The summed E-state index contributed by atoms with van der Waals surface area (Å²) >= 11 is 0. The number of nitrogens with one attached hydrogen (secondary N) is 1. The van der Waals surface area contributed by atoms with Crippen LogP contribution in [0.15, 0.2) is 24.3 Å². The lowest BCUT2D eigenvalue weighted by molar-refractivity contribution is -0.139. The van der Waals surface area contributed by atoms with Gasteiger partial charge in [0.05, 0.1) is 12.0 Å². The number of aliphatic carboxylic acids is 1. The third-order valence-corrected chi connectivity index (χ3v) is 3.96. The summed E-state index contributed by atoms with van der Waals surface area (Å²) < 4.78 is 5.57. The van der Waals surface area contributed by atoms with Gasteiger partial charge in [0.2, 0.25) is 0 Å². The first kappa shape index (κ1) is 18.0. The number of ether oxygens (including phenoxy) is 1. The fourth-order valence-electron chi connectivity index (χ4n) is 2.42. The van der Waals surface area contributed by atoms with E-state index in [1.807, 2.05) is 45.0 Å². The number of carbonyl (C=O) groups is 2. The van der Waals surface area contributed by atoms with Crippen LogP contribution in [-0.2, 0) is 16.0 Å². The van der Waals surface area contributed by atoms with Crippen LogP contribution >= 0.6 is 0 Å². The van der Waals surface area contributed by atoms with Crippen molar-refractivity contribution in [1.29, 1.82) is 0 Å². The molecule has 122 valence electrons. The number of hydrogen-bond donors (Lipinski definition) is 2. The number of aryl methyl sites for hydroxylation is 1. The molecule has 0 unspecified atom stereocenters. The Morgan fingerprint density at radius 1 is 1.18 bits per heavy atom. The molecule has 0 aliphatic heterocycles. The number of para-hydroxylation sites is 1. The van der Waals surface area contributed by atoms with E-state index in [0.717, 1.165) is 12.0 Å². The first-order valence-electron chi connectivity index (χ1n) is 7.69. The molecule has 0 spiro atoms. The molecular weight excluding hydrogens is 282 g/mol. The maximum atomic E-state index is 12.1. The zero-order valence-corrected chi connectivity index (χ0v) is 13.5. The highest BCUT2D eigenvalue weighted by atomic mass is 16.5. The zero-order chi connectivity index (χ0) is 16.6. The van der Waals surface area contributed by atoms with E-state index < -0.39 is 11.5 Å². The molecule has 5 heteroatoms. The van der Waals surface area contributed by atoms with Gasteiger partial charge in [-0.1, -0.05) is 39.0 Å². The number of amides is 1. The quantitative estimate of drug-likeness (QED) is 0.735. The van der Waals surface area contributed by atoms with Crippen LogP contribution in [0.2, 0.25) is 0 Å². The molecule has 0 heterocycles. The van der Waals surface area contributed by atoms with Gasteiger partial charge in [-0.15, -0.1) is 0 Å². The van der Waals surface area contributed by atoms with Crippen molar-refractivity contribution in [2.45, 2.75) is 52.0 Å². The van der Waals surface area contributed by atoms with E-state index in [9.17, 15) is 9.59 Å². The molecule has 0 aromatic heterocycles. The Bertz CT molecular complexity index is 509. The maximum absolute atomic E-state index is 12.1. The van der Waals surface area contributed by atoms with Crippen molar-refractivity contribution in [3.05, 3.63) is 29.8 Å². The summed E-state index contributed by atoms with van der Waals surface area (Å²) in [5.41, 5.74) is 0.328. The molecule has 1 rings (SSSR count). The number of carbonyl (C=O) groups excluding carboxylic acids is 1. The van der Waals surface area contributed by atoms with Crippen molar-refractivity contribution in [3.63, 3.8) is 0 Å². The largest absolute Gasteiger partial charge is 0.483 e. The van der Waals surface area contributed by atoms with Gasteiger partial charge in [0.1, 0.15) is 5.75 Å². The molecule has 0 radical (unpaired) electrons. The Morgan fingerprint density at radius 3 is 2.36 bits per heavy atom. The first-order chi connectivity index (χ1) is 10.5. The van der Waals surface area contributed by atoms with Crippen LogP contribution in [0.5, 0.6) is 5.75 Å². The second kappa shape index (κ2) is 8.41. The predicted octanol–water partition coefficient (Wildman–Crippen LogP) is 2.78. The van der Waals surface area contributed by atoms with Crippen molar-refractivity contribution in [2.24, 2.45) is 0 Å². The average molecular weight is 307 g/mol. The SMILES string of the molecule is CCc1ccccc1OCC(=O)NC(CC)(CC)CC(=O)O. The Kier molecular flexibility index (Phi) is 6.89. The second-order valence-electron chi connectivity index (χ2n) is 5.36. The minimum atomic E-state index is -0.916. The van der Waals surface area contributed by atoms with E-state index in [0.29, 0.717) is 18.6 Å². The second-order valence-corrected chi connectivity index (χ2v) is 5.36. The van der Waals surface area contributed by atoms with Crippen LogP contribution in [0.1, 0.15) is 45.6 Å². The molecule has 1 amide bonds. The molecule has 0 saturated heterocycles. The molecular formula is C17H25NO4. The number of carboxylic acids is 1. The van der Waals surface area contributed by atoms with Crippen LogP contribution < -0.4 is 10.1 Å². The van der Waals surface area contributed by atoms with E-state index in [-0.39, 0.29) is 18.9 Å². The zero-order valence-electron chi connectivity index (χ0n) is 13.5. The van der Waals surface area contributed by atoms with E-state index in [4.69, 9.17) is 9.84 Å². The smallest absolute Gasteiger partial charge is 0.305 e. The molecule has 1 aromatic carbocycles. The van der Waals surface area contributed by atoms with Gasteiger partial charge in [0.25, 0.3) is 5.91 Å². The third-order valence-electron chi connectivity index (χ3n) is 3.96. The van der Waals surface area contributed by atoms with Crippen LogP contribution in [0.4, 0.5) is 0 Å². The van der Waals surface area contributed by atoms with Crippen LogP contribution in [0.3, 0.4) is 0 Å². The molecule has 0 aliphatic rings. The van der Waals surface area contributed by atoms with Gasteiger partial charge in [-0.05, 0) is 30.9 Å². The number of benzene rings is 1. The van der Waals surface area contributed by atoms with Crippen LogP contribution in [0, 0.1) is 0 Å². The summed E-state index contributed by atoms with van der Waals surface area (Å²) in [5, 5.41) is 11.8. The summed E-state index contributed by atoms with van der Waals surface area (Å²) in [4.78, 5) is 23.1. The summed E-state index contributed by atoms with van der Waals surface area (Å²) in [6, 6.07) is 7.58. The fraction of sp³-hybridized carbons (Fsp3) is 0.529. The first-order valence-corrected chi connectivity index (χ1v) is 7.69. The normalized spacial score (nSPS) is 11.0. The Labute approximate surface area is 131 Å². The van der Waals surface area contributed by atoms with Crippen molar-refractivity contribution in [3.8, 4) is 5.75 Å². The lowest BCUT2D eigenvalue weighted by Gasteiger charge is -2.31. The topological polar surface area (TPSA) is 75.6 Å². The maximum Gasteiger partial charge on any atom is 0.305 e. The summed E-state index contributed by atoms with van der Waals surface area (Å²) in [5.74, 6) is -0.519. The van der Waals surface area contributed by atoms with Gasteiger partial charge in [-0.3, -0.25) is 9.59 Å². The summed E-state index contributed by atoms with van der Waals surface area (Å²) in [6.07, 6.45) is 1.86. The van der Waals surface area contributed by atoms with Crippen LogP contribution in [-0.4, -0.2) is 29.1 Å². The minimum absolute atomic E-state index is 0.0860. The minimum Gasteiger partial charge on any atom is -0.483 e. The molecule has 0 fully saturated rings. The van der Waals surface area contributed by atoms with Crippen molar-refractivity contribution < 1.29 is 19.4 Å². The van der Waals surface area contributed by atoms with Gasteiger partial charge in [0, 0.05) is 0 Å². The molecule has 0 atom stereocenters. The van der Waals surface area contributed by atoms with Crippen molar-refractivity contribution in [2.75, 3.05) is 6.61 Å². The van der Waals surface area contributed by atoms with Gasteiger partial charge in [-0.2, -0.15) is 0 Å².